The number of esters is 1. The van der Waals surface area contributed by atoms with E-state index in [0.29, 0.717) is 0 Å². The molecule has 0 bridgehead atoms. The number of hydrogen-bond acceptors (Lipinski definition) is 3. The highest BCUT2D eigenvalue weighted by Crippen LogP contribution is 1.91. The maximum absolute atomic E-state index is 10.3. The highest BCUT2D eigenvalue weighted by Gasteiger charge is 1.97. The highest BCUT2D eigenvalue weighted by molar-refractivity contribution is 5.66. The Bertz CT molecular complexity index is 179. The van der Waals surface area contributed by atoms with Crippen molar-refractivity contribution < 1.29 is 9.53 Å². The fourth-order valence-electron chi connectivity index (χ4n) is 0.480. The average molecular weight is 139 g/mol. The molecule has 0 amide bonds. The average Bonchev–Trinajstić information content (AvgIpc) is 1.82. The molecule has 10 heavy (non-hydrogen) atoms. The Morgan fingerprint density at radius 2 is 2.40 bits per heavy atom. The van der Waals surface area contributed by atoms with E-state index in [-0.39, 0.29) is 12.1 Å². The summed E-state index contributed by atoms with van der Waals surface area (Å²) in [5.41, 5.74) is 0. The maximum atomic E-state index is 10.3. The summed E-state index contributed by atoms with van der Waals surface area (Å²) in [6.45, 7) is 3.02. The molecule has 0 rings (SSSR count). The molecule has 0 fully saturated rings. The van der Waals surface area contributed by atoms with Crippen molar-refractivity contribution in [2.24, 2.45) is 0 Å². The van der Waals surface area contributed by atoms with Crippen LogP contribution in [0.1, 0.15) is 13.8 Å². The monoisotopic (exact) mass is 139 g/mol. The minimum Gasteiger partial charge on any atom is -0.459 e. The number of carbonyl (C=O) groups excluding carboxylic acids is 1. The van der Waals surface area contributed by atoms with Gasteiger partial charge in [-0.05, 0) is 13.0 Å². The molecule has 1 atom stereocenters. The van der Waals surface area contributed by atoms with Gasteiger partial charge in [-0.15, -0.1) is 0 Å². The molecule has 0 saturated heterocycles. The van der Waals surface area contributed by atoms with E-state index < -0.39 is 0 Å². The molecule has 54 valence electrons. The van der Waals surface area contributed by atoms with Crippen LogP contribution in [-0.2, 0) is 9.53 Å². The first-order chi connectivity index (χ1) is 4.66. The van der Waals surface area contributed by atoms with Gasteiger partial charge in [0.25, 0.3) is 0 Å². The van der Waals surface area contributed by atoms with Gasteiger partial charge < -0.3 is 4.74 Å². The molecule has 0 aromatic rings. The highest BCUT2D eigenvalue weighted by atomic mass is 16.5. The van der Waals surface area contributed by atoms with E-state index in [1.807, 2.05) is 0 Å². The third-order valence-electron chi connectivity index (χ3n) is 0.794. The van der Waals surface area contributed by atoms with E-state index >= 15 is 0 Å². The molecule has 0 aliphatic carbocycles. The summed E-state index contributed by atoms with van der Waals surface area (Å²) in [5, 5.41) is 8.07. The number of nitrogens with zero attached hydrogens (tertiary/aromatic N) is 1. The molecule has 0 aliphatic heterocycles. The smallest absolute Gasteiger partial charge is 0.303 e. The van der Waals surface area contributed by atoms with Gasteiger partial charge in [0.1, 0.15) is 6.10 Å². The van der Waals surface area contributed by atoms with Crippen LogP contribution in [0.2, 0.25) is 0 Å². The summed E-state index contributed by atoms with van der Waals surface area (Å²) < 4.78 is 4.68. The first-order valence-corrected chi connectivity index (χ1v) is 2.90. The summed E-state index contributed by atoms with van der Waals surface area (Å²) in [5.74, 6) is -0.338. The minimum atomic E-state index is -0.338. The molecule has 0 N–H and O–H groups in total. The van der Waals surface area contributed by atoms with Gasteiger partial charge in [0.2, 0.25) is 0 Å². The zero-order chi connectivity index (χ0) is 7.98. The van der Waals surface area contributed by atoms with Gasteiger partial charge >= 0.3 is 5.97 Å². The van der Waals surface area contributed by atoms with Crippen LogP contribution in [0.5, 0.6) is 0 Å². The molecule has 0 aliphatic rings. The lowest BCUT2D eigenvalue weighted by Crippen LogP contribution is -2.08. The Morgan fingerprint density at radius 3 is 2.80 bits per heavy atom. The number of allylic oxidation sites excluding steroid dienone is 1. The summed E-state index contributed by atoms with van der Waals surface area (Å²) in [7, 11) is 0. The standard InChI is InChI=1S/C7H9NO2/c1-6(4-3-5-8)10-7(2)9/h3-4,6H,1-2H3/b4-3+/t6-/m1/s1. The van der Waals surface area contributed by atoms with E-state index in [2.05, 4.69) is 4.74 Å². The van der Waals surface area contributed by atoms with Gasteiger partial charge in [0, 0.05) is 13.0 Å². The maximum Gasteiger partial charge on any atom is 0.303 e. The van der Waals surface area contributed by atoms with Crippen molar-refractivity contribution in [1.29, 1.82) is 5.26 Å². The Kier molecular flexibility index (Phi) is 3.97. The molecule has 0 saturated carbocycles. The van der Waals surface area contributed by atoms with Crippen LogP contribution in [0.3, 0.4) is 0 Å². The van der Waals surface area contributed by atoms with E-state index in [1.54, 1.807) is 13.0 Å². The normalized spacial score (nSPS) is 12.5. The van der Waals surface area contributed by atoms with Crippen LogP contribution >= 0.6 is 0 Å². The second kappa shape index (κ2) is 4.57. The third-order valence-corrected chi connectivity index (χ3v) is 0.794. The lowest BCUT2D eigenvalue weighted by molar-refractivity contribution is -0.143. The van der Waals surface area contributed by atoms with Gasteiger partial charge in [-0.25, -0.2) is 0 Å². The van der Waals surface area contributed by atoms with Crippen LogP contribution in [0, 0.1) is 11.3 Å². The zero-order valence-electron chi connectivity index (χ0n) is 6.00. The zero-order valence-corrected chi connectivity index (χ0v) is 6.00. The van der Waals surface area contributed by atoms with Crippen molar-refractivity contribution in [3.8, 4) is 6.07 Å². The van der Waals surface area contributed by atoms with Crippen LogP contribution in [0.25, 0.3) is 0 Å². The lowest BCUT2D eigenvalue weighted by Gasteiger charge is -2.03. The molecule has 0 spiro atoms. The summed E-state index contributed by atoms with van der Waals surface area (Å²) in [4.78, 5) is 10.3. The SMILES string of the molecule is CC(=O)O[C@H](C)/C=C/C#N. The summed E-state index contributed by atoms with van der Waals surface area (Å²) in [6.07, 6.45) is 2.49. The molecular weight excluding hydrogens is 130 g/mol. The molecular formula is C7H9NO2. The van der Waals surface area contributed by atoms with Crippen molar-refractivity contribution in [3.05, 3.63) is 12.2 Å². The number of hydrogen-bond donors (Lipinski definition) is 0. The molecule has 3 heteroatoms. The Hall–Kier alpha value is -1.30. The largest absolute Gasteiger partial charge is 0.459 e. The molecule has 0 aromatic heterocycles. The Balaban J connectivity index is 3.66. The topological polar surface area (TPSA) is 50.1 Å². The van der Waals surface area contributed by atoms with Crippen molar-refractivity contribution in [2.45, 2.75) is 20.0 Å². The number of rotatable bonds is 2. The molecule has 0 unspecified atom stereocenters. The summed E-state index contributed by atoms with van der Waals surface area (Å²) in [6, 6.07) is 1.80. The van der Waals surface area contributed by atoms with Crippen LogP contribution in [0.15, 0.2) is 12.2 Å². The fraction of sp³-hybridized carbons (Fsp3) is 0.429. The second-order valence-corrected chi connectivity index (χ2v) is 1.80. The van der Waals surface area contributed by atoms with Crippen molar-refractivity contribution >= 4 is 5.97 Å². The second-order valence-electron chi connectivity index (χ2n) is 1.80. The van der Waals surface area contributed by atoms with Gasteiger partial charge in [0.15, 0.2) is 0 Å². The van der Waals surface area contributed by atoms with Gasteiger partial charge in [-0.3, -0.25) is 4.79 Å². The first kappa shape index (κ1) is 8.70. The van der Waals surface area contributed by atoms with E-state index in [0.717, 1.165) is 0 Å². The van der Waals surface area contributed by atoms with Crippen molar-refractivity contribution in [1.82, 2.24) is 0 Å². The Morgan fingerprint density at radius 1 is 1.80 bits per heavy atom. The van der Waals surface area contributed by atoms with Crippen LogP contribution in [-0.4, -0.2) is 12.1 Å². The number of ether oxygens (including phenoxy) is 1. The van der Waals surface area contributed by atoms with Crippen molar-refractivity contribution in [2.75, 3.05) is 0 Å². The van der Waals surface area contributed by atoms with Gasteiger partial charge in [-0.2, -0.15) is 5.26 Å². The van der Waals surface area contributed by atoms with Crippen LogP contribution in [0.4, 0.5) is 0 Å². The van der Waals surface area contributed by atoms with Crippen LogP contribution < -0.4 is 0 Å². The molecule has 0 heterocycles. The molecule has 3 nitrogen and oxygen atoms in total. The Labute approximate surface area is 59.9 Å². The number of nitriles is 1. The minimum absolute atomic E-state index is 0.308. The van der Waals surface area contributed by atoms with Gasteiger partial charge in [0.05, 0.1) is 6.07 Å². The third kappa shape index (κ3) is 4.85. The van der Waals surface area contributed by atoms with Gasteiger partial charge in [-0.1, -0.05) is 0 Å². The lowest BCUT2D eigenvalue weighted by atomic mass is 10.3. The molecule has 0 radical (unpaired) electrons. The summed E-state index contributed by atoms with van der Waals surface area (Å²) >= 11 is 0. The first-order valence-electron chi connectivity index (χ1n) is 2.90. The quantitative estimate of drug-likeness (QED) is 0.424. The van der Waals surface area contributed by atoms with E-state index in [9.17, 15) is 4.79 Å². The fourth-order valence-corrected chi connectivity index (χ4v) is 0.480. The predicted molar refractivity (Wildman–Crippen MR) is 36.0 cm³/mol. The number of carbonyl (C=O) groups is 1. The van der Waals surface area contributed by atoms with E-state index in [1.165, 1.54) is 19.1 Å². The molecule has 0 aromatic carbocycles. The van der Waals surface area contributed by atoms with Crippen molar-refractivity contribution in [3.63, 3.8) is 0 Å². The predicted octanol–water partition coefficient (Wildman–Crippen LogP) is 1.02. The van der Waals surface area contributed by atoms with E-state index in [4.69, 9.17) is 5.26 Å².